The topological polar surface area (TPSA) is 99.8 Å². The lowest BCUT2D eigenvalue weighted by Gasteiger charge is -2.08. The van der Waals surface area contributed by atoms with Crippen LogP contribution in [0.5, 0.6) is 5.75 Å². The molecule has 2 aromatic carbocycles. The highest BCUT2D eigenvalue weighted by Gasteiger charge is 2.10. The Hall–Kier alpha value is -3.75. The van der Waals surface area contributed by atoms with Crippen LogP contribution in [0.15, 0.2) is 54.6 Å². The first kappa shape index (κ1) is 18.6. The lowest BCUT2D eigenvalue weighted by molar-refractivity contribution is -0.122. The third-order valence-corrected chi connectivity index (χ3v) is 4.39. The summed E-state index contributed by atoms with van der Waals surface area (Å²) in [4.78, 5) is 18.0. The SMILES string of the molecule is Cc1nc2ccccc2n1CCNC(=O)Cn1nnc(COc2ccccc2)n1. The molecule has 0 aliphatic heterocycles. The lowest BCUT2D eigenvalue weighted by atomic mass is 10.3. The van der Waals surface area contributed by atoms with E-state index in [-0.39, 0.29) is 19.1 Å². The van der Waals surface area contributed by atoms with Gasteiger partial charge in [-0.15, -0.1) is 10.2 Å². The molecule has 4 aromatic rings. The first-order chi connectivity index (χ1) is 14.2. The van der Waals surface area contributed by atoms with E-state index in [1.807, 2.05) is 61.5 Å². The van der Waals surface area contributed by atoms with E-state index in [4.69, 9.17) is 4.74 Å². The molecule has 4 rings (SSSR count). The molecule has 0 saturated heterocycles. The first-order valence-corrected chi connectivity index (χ1v) is 9.32. The monoisotopic (exact) mass is 391 g/mol. The molecular formula is C20H21N7O2. The normalized spacial score (nSPS) is 10.9. The van der Waals surface area contributed by atoms with Crippen LogP contribution in [0.4, 0.5) is 0 Å². The Labute approximate surface area is 167 Å². The maximum absolute atomic E-state index is 12.2. The molecule has 1 N–H and O–H groups in total. The molecule has 0 bridgehead atoms. The van der Waals surface area contributed by atoms with Gasteiger partial charge in [-0.3, -0.25) is 4.79 Å². The number of nitrogens with zero attached hydrogens (tertiary/aromatic N) is 6. The van der Waals surface area contributed by atoms with E-state index >= 15 is 0 Å². The standard InChI is InChI=1S/C20H21N7O2/c1-15-22-17-9-5-6-10-18(17)26(15)12-11-21-20(28)13-27-24-19(23-25-27)14-29-16-7-3-2-4-8-16/h2-10H,11-14H2,1H3,(H,21,28). The highest BCUT2D eigenvalue weighted by molar-refractivity contribution is 5.76. The second kappa shape index (κ2) is 8.51. The predicted molar refractivity (Wildman–Crippen MR) is 106 cm³/mol. The van der Waals surface area contributed by atoms with Crippen LogP contribution in [0.25, 0.3) is 11.0 Å². The minimum absolute atomic E-state index is 0.00198. The third-order valence-electron chi connectivity index (χ3n) is 4.39. The zero-order valence-electron chi connectivity index (χ0n) is 16.0. The highest BCUT2D eigenvalue weighted by atomic mass is 16.5. The van der Waals surface area contributed by atoms with Gasteiger partial charge in [0.1, 0.15) is 18.1 Å². The molecule has 1 amide bonds. The Kier molecular flexibility index (Phi) is 5.46. The smallest absolute Gasteiger partial charge is 0.243 e. The molecule has 0 fully saturated rings. The van der Waals surface area contributed by atoms with E-state index in [1.54, 1.807) is 0 Å². The number of aryl methyl sites for hydroxylation is 1. The van der Waals surface area contributed by atoms with Crippen LogP contribution in [-0.4, -0.2) is 42.2 Å². The van der Waals surface area contributed by atoms with Crippen molar-refractivity contribution in [1.29, 1.82) is 0 Å². The zero-order chi connectivity index (χ0) is 20.1. The van der Waals surface area contributed by atoms with E-state index in [9.17, 15) is 4.79 Å². The van der Waals surface area contributed by atoms with Crippen molar-refractivity contribution in [2.45, 2.75) is 26.6 Å². The Balaban J connectivity index is 1.26. The average Bonchev–Trinajstić information content (AvgIpc) is 3.31. The molecule has 9 heteroatoms. The number of imidazole rings is 1. The molecule has 2 aromatic heterocycles. The molecule has 0 aliphatic rings. The predicted octanol–water partition coefficient (Wildman–Crippen LogP) is 1.73. The summed E-state index contributed by atoms with van der Waals surface area (Å²) in [6, 6.07) is 17.3. The van der Waals surface area contributed by atoms with Crippen LogP contribution in [0.1, 0.15) is 11.6 Å². The van der Waals surface area contributed by atoms with Crippen molar-refractivity contribution in [3.8, 4) is 5.75 Å². The number of carbonyl (C=O) groups excluding carboxylic acids is 1. The number of rotatable bonds is 8. The Morgan fingerprint density at radius 3 is 2.76 bits per heavy atom. The van der Waals surface area contributed by atoms with Gasteiger partial charge in [0.05, 0.1) is 11.0 Å². The number of hydrogen-bond donors (Lipinski definition) is 1. The van der Waals surface area contributed by atoms with Gasteiger partial charge in [-0.1, -0.05) is 30.3 Å². The van der Waals surface area contributed by atoms with E-state index in [0.717, 1.165) is 22.6 Å². The Bertz CT molecular complexity index is 1100. The maximum atomic E-state index is 12.2. The van der Waals surface area contributed by atoms with Gasteiger partial charge < -0.3 is 14.6 Å². The van der Waals surface area contributed by atoms with Crippen LogP contribution in [-0.2, 0) is 24.5 Å². The fraction of sp³-hybridized carbons (Fsp3) is 0.250. The van der Waals surface area contributed by atoms with Gasteiger partial charge in [-0.05, 0) is 36.4 Å². The lowest BCUT2D eigenvalue weighted by Crippen LogP contribution is -2.31. The van der Waals surface area contributed by atoms with Crippen LogP contribution < -0.4 is 10.1 Å². The number of fused-ring (bicyclic) bond motifs is 1. The molecule has 0 unspecified atom stereocenters. The van der Waals surface area contributed by atoms with Crippen molar-refractivity contribution >= 4 is 16.9 Å². The summed E-state index contributed by atoms with van der Waals surface area (Å²) in [7, 11) is 0. The van der Waals surface area contributed by atoms with E-state index < -0.39 is 0 Å². The maximum Gasteiger partial charge on any atom is 0.243 e. The molecule has 9 nitrogen and oxygen atoms in total. The minimum Gasteiger partial charge on any atom is -0.485 e. The second-order valence-electron chi connectivity index (χ2n) is 6.49. The molecule has 29 heavy (non-hydrogen) atoms. The Morgan fingerprint density at radius 1 is 1.10 bits per heavy atom. The summed E-state index contributed by atoms with van der Waals surface area (Å²) in [5.74, 6) is 1.88. The molecule has 2 heterocycles. The van der Waals surface area contributed by atoms with Gasteiger partial charge in [-0.2, -0.15) is 4.80 Å². The molecule has 0 atom stereocenters. The fourth-order valence-corrected chi connectivity index (χ4v) is 3.04. The number of amides is 1. The van der Waals surface area contributed by atoms with Crippen LogP contribution in [0.2, 0.25) is 0 Å². The number of aromatic nitrogens is 6. The molecular weight excluding hydrogens is 370 g/mol. The zero-order valence-corrected chi connectivity index (χ0v) is 16.0. The number of tetrazole rings is 1. The van der Waals surface area contributed by atoms with Crippen molar-refractivity contribution in [3.63, 3.8) is 0 Å². The van der Waals surface area contributed by atoms with E-state index in [2.05, 4.69) is 30.3 Å². The summed E-state index contributed by atoms with van der Waals surface area (Å²) in [6.07, 6.45) is 0. The van der Waals surface area contributed by atoms with Gasteiger partial charge in [0.25, 0.3) is 0 Å². The van der Waals surface area contributed by atoms with Crippen molar-refractivity contribution in [1.82, 2.24) is 35.1 Å². The van der Waals surface area contributed by atoms with Crippen molar-refractivity contribution in [2.75, 3.05) is 6.54 Å². The molecule has 0 spiro atoms. The Morgan fingerprint density at radius 2 is 1.90 bits per heavy atom. The van der Waals surface area contributed by atoms with Gasteiger partial charge in [-0.25, -0.2) is 4.98 Å². The quantitative estimate of drug-likeness (QED) is 0.491. The minimum atomic E-state index is -0.181. The number of benzene rings is 2. The van der Waals surface area contributed by atoms with Crippen molar-refractivity contribution < 1.29 is 9.53 Å². The first-order valence-electron chi connectivity index (χ1n) is 9.32. The van der Waals surface area contributed by atoms with Crippen LogP contribution in [0, 0.1) is 6.92 Å². The van der Waals surface area contributed by atoms with Crippen molar-refractivity contribution in [3.05, 3.63) is 66.2 Å². The summed E-state index contributed by atoms with van der Waals surface area (Å²) >= 11 is 0. The number of para-hydroxylation sites is 3. The summed E-state index contributed by atoms with van der Waals surface area (Å²) in [5.41, 5.74) is 2.01. The third kappa shape index (κ3) is 4.57. The molecule has 148 valence electrons. The van der Waals surface area contributed by atoms with E-state index in [1.165, 1.54) is 4.80 Å². The van der Waals surface area contributed by atoms with Gasteiger partial charge in [0.15, 0.2) is 6.61 Å². The number of nitrogens with one attached hydrogen (secondary N) is 1. The van der Waals surface area contributed by atoms with Gasteiger partial charge in [0.2, 0.25) is 11.7 Å². The number of carbonyl (C=O) groups is 1. The van der Waals surface area contributed by atoms with Gasteiger partial charge in [0, 0.05) is 13.1 Å². The second-order valence-corrected chi connectivity index (χ2v) is 6.49. The largest absolute Gasteiger partial charge is 0.485 e. The van der Waals surface area contributed by atoms with Crippen LogP contribution in [0.3, 0.4) is 0 Å². The van der Waals surface area contributed by atoms with Gasteiger partial charge >= 0.3 is 0 Å². The summed E-state index contributed by atoms with van der Waals surface area (Å²) < 4.78 is 7.66. The number of ether oxygens (including phenoxy) is 1. The number of hydrogen-bond acceptors (Lipinski definition) is 6. The summed E-state index contributed by atoms with van der Waals surface area (Å²) in [5, 5.41) is 14.9. The van der Waals surface area contributed by atoms with E-state index in [0.29, 0.717) is 18.9 Å². The highest BCUT2D eigenvalue weighted by Crippen LogP contribution is 2.14. The van der Waals surface area contributed by atoms with Crippen LogP contribution >= 0.6 is 0 Å². The fourth-order valence-electron chi connectivity index (χ4n) is 3.04. The summed E-state index contributed by atoms with van der Waals surface area (Å²) in [6.45, 7) is 3.28. The molecule has 0 aliphatic carbocycles. The molecule has 0 saturated carbocycles. The average molecular weight is 391 g/mol. The van der Waals surface area contributed by atoms with Crippen molar-refractivity contribution in [2.24, 2.45) is 0 Å². The molecule has 0 radical (unpaired) electrons.